The van der Waals surface area contributed by atoms with Gasteiger partial charge in [0.05, 0.1) is 20.4 Å². The number of fused-ring (bicyclic) bond motifs is 2. The van der Waals surface area contributed by atoms with E-state index < -0.39 is 0 Å². The number of anilines is 4. The van der Waals surface area contributed by atoms with E-state index in [0.29, 0.717) is 5.88 Å². The second-order valence-electron chi connectivity index (χ2n) is 12.3. The molecule has 9 rings (SSSR count). The topological polar surface area (TPSA) is 105 Å². The lowest BCUT2D eigenvalue weighted by molar-refractivity contribution is 0.331. The summed E-state index contributed by atoms with van der Waals surface area (Å²) in [6, 6.07) is 28.7. The number of halogens is 1. The van der Waals surface area contributed by atoms with Gasteiger partial charge in [0.2, 0.25) is 0 Å². The molecule has 1 saturated heterocycles. The van der Waals surface area contributed by atoms with Crippen molar-refractivity contribution in [2.24, 2.45) is 0 Å². The maximum Gasteiger partial charge on any atom is 0.189 e. The summed E-state index contributed by atoms with van der Waals surface area (Å²) in [6.07, 6.45) is 13.5. The average molecular weight is 740 g/mol. The highest BCUT2D eigenvalue weighted by Crippen LogP contribution is 2.33. The number of hydrogen-bond acceptors (Lipinski definition) is 11. The molecule has 8 aromatic rings. The molecule has 0 radical (unpaired) electrons. The van der Waals surface area contributed by atoms with E-state index in [2.05, 4.69) is 82.9 Å². The molecule has 52 heavy (non-hydrogen) atoms. The fourth-order valence-electron chi connectivity index (χ4n) is 6.09. The van der Waals surface area contributed by atoms with Crippen LogP contribution >= 0.6 is 34.3 Å². The maximum absolute atomic E-state index is 5.87. The molecular formula is C40H34ClN9S2. The molecule has 7 heterocycles. The number of likely N-dealkylation sites (tertiary alicyclic amines) is 1. The molecule has 1 aliphatic heterocycles. The SMILES string of the molecule is ClCc1ccnc(Nc2nc3ccc(-c4ccncc4)cc3s2)c1.c1cc(-c2ccc3nc(Nc4cc(CN5CCCC5)ccn4)sc3c2)ccn1. The van der Waals surface area contributed by atoms with Crippen LogP contribution in [0, 0.1) is 0 Å². The minimum atomic E-state index is 0.465. The number of alkyl halides is 1. The Bertz CT molecular complexity index is 2410. The second-order valence-corrected chi connectivity index (χ2v) is 14.7. The Balaban J connectivity index is 0.000000151. The highest BCUT2D eigenvalue weighted by Gasteiger charge is 2.13. The fourth-order valence-corrected chi connectivity index (χ4v) is 8.08. The number of benzene rings is 2. The lowest BCUT2D eigenvalue weighted by Crippen LogP contribution is -2.18. The number of hydrogen-bond donors (Lipinski definition) is 2. The van der Waals surface area contributed by atoms with Crippen molar-refractivity contribution in [2.75, 3.05) is 23.7 Å². The highest BCUT2D eigenvalue weighted by molar-refractivity contribution is 7.22. The number of aromatic nitrogens is 6. The van der Waals surface area contributed by atoms with Gasteiger partial charge in [-0.1, -0.05) is 34.8 Å². The first-order valence-corrected chi connectivity index (χ1v) is 19.2. The van der Waals surface area contributed by atoms with Gasteiger partial charge in [-0.2, -0.15) is 0 Å². The Morgan fingerprint density at radius 2 is 1.06 bits per heavy atom. The summed E-state index contributed by atoms with van der Waals surface area (Å²) in [7, 11) is 0. The van der Waals surface area contributed by atoms with Gasteiger partial charge in [0.25, 0.3) is 0 Å². The Kier molecular flexibility index (Phi) is 10.3. The minimum Gasteiger partial charge on any atom is -0.316 e. The second kappa shape index (κ2) is 15.9. The summed E-state index contributed by atoms with van der Waals surface area (Å²) >= 11 is 9.12. The summed E-state index contributed by atoms with van der Waals surface area (Å²) in [4.78, 5) is 28.8. The summed E-state index contributed by atoms with van der Waals surface area (Å²) in [5, 5.41) is 8.32. The lowest BCUT2D eigenvalue weighted by atomic mass is 10.1. The third kappa shape index (κ3) is 8.24. The van der Waals surface area contributed by atoms with Crippen molar-refractivity contribution in [3.8, 4) is 22.3 Å². The first-order valence-electron chi connectivity index (χ1n) is 17.0. The Morgan fingerprint density at radius 3 is 1.58 bits per heavy atom. The molecule has 9 nitrogen and oxygen atoms in total. The molecule has 1 aliphatic rings. The van der Waals surface area contributed by atoms with Crippen molar-refractivity contribution < 1.29 is 0 Å². The largest absolute Gasteiger partial charge is 0.316 e. The van der Waals surface area contributed by atoms with Crippen LogP contribution in [0.3, 0.4) is 0 Å². The van der Waals surface area contributed by atoms with Crippen molar-refractivity contribution in [2.45, 2.75) is 25.3 Å². The van der Waals surface area contributed by atoms with E-state index in [4.69, 9.17) is 16.6 Å². The quantitative estimate of drug-likeness (QED) is 0.140. The molecule has 0 spiro atoms. The van der Waals surface area contributed by atoms with Crippen LogP contribution in [0.2, 0.25) is 0 Å². The van der Waals surface area contributed by atoms with Crippen LogP contribution in [0.4, 0.5) is 21.9 Å². The lowest BCUT2D eigenvalue weighted by Gasteiger charge is -2.14. The number of nitrogens with one attached hydrogen (secondary N) is 2. The average Bonchev–Trinajstić information content (AvgIpc) is 3.95. The van der Waals surface area contributed by atoms with E-state index in [-0.39, 0.29) is 0 Å². The first-order chi connectivity index (χ1) is 25.6. The molecule has 0 bridgehead atoms. The predicted molar refractivity (Wildman–Crippen MR) is 215 cm³/mol. The number of nitrogens with zero attached hydrogens (tertiary/aromatic N) is 7. The predicted octanol–water partition coefficient (Wildman–Crippen LogP) is 10.3. The maximum atomic E-state index is 5.87. The minimum absolute atomic E-state index is 0.465. The van der Waals surface area contributed by atoms with Gasteiger partial charge in [-0.25, -0.2) is 19.9 Å². The van der Waals surface area contributed by atoms with Gasteiger partial charge in [0.15, 0.2) is 10.3 Å². The van der Waals surface area contributed by atoms with Crippen molar-refractivity contribution in [3.05, 3.63) is 133 Å². The third-order valence-electron chi connectivity index (χ3n) is 8.68. The van der Waals surface area contributed by atoms with Crippen LogP contribution in [0.5, 0.6) is 0 Å². The molecule has 0 atom stereocenters. The molecule has 6 aromatic heterocycles. The van der Waals surface area contributed by atoms with Gasteiger partial charge in [-0.05, 0) is 132 Å². The van der Waals surface area contributed by atoms with Gasteiger partial charge in [-0.15, -0.1) is 11.6 Å². The monoisotopic (exact) mass is 739 g/mol. The van der Waals surface area contributed by atoms with Gasteiger partial charge < -0.3 is 10.6 Å². The number of pyridine rings is 4. The Hall–Kier alpha value is -5.33. The zero-order valence-electron chi connectivity index (χ0n) is 28.1. The molecule has 0 unspecified atom stereocenters. The molecule has 0 aliphatic carbocycles. The van der Waals surface area contributed by atoms with Gasteiger partial charge in [0.1, 0.15) is 11.6 Å². The fraction of sp³-hybridized carbons (Fsp3) is 0.150. The van der Waals surface area contributed by atoms with E-state index in [9.17, 15) is 0 Å². The van der Waals surface area contributed by atoms with E-state index in [0.717, 1.165) is 71.1 Å². The zero-order chi connectivity index (χ0) is 35.1. The van der Waals surface area contributed by atoms with Crippen LogP contribution in [0.1, 0.15) is 24.0 Å². The zero-order valence-corrected chi connectivity index (χ0v) is 30.5. The van der Waals surface area contributed by atoms with E-state index in [1.165, 1.54) is 37.1 Å². The van der Waals surface area contributed by atoms with Crippen LogP contribution < -0.4 is 10.6 Å². The van der Waals surface area contributed by atoms with Crippen LogP contribution in [0.25, 0.3) is 42.7 Å². The summed E-state index contributed by atoms with van der Waals surface area (Å²) in [6.45, 7) is 3.39. The highest BCUT2D eigenvalue weighted by atomic mass is 35.5. The molecule has 0 saturated carbocycles. The summed E-state index contributed by atoms with van der Waals surface area (Å²) in [5.41, 5.74) is 8.92. The van der Waals surface area contributed by atoms with E-state index >= 15 is 0 Å². The van der Waals surface area contributed by atoms with Crippen LogP contribution in [-0.4, -0.2) is 47.9 Å². The summed E-state index contributed by atoms with van der Waals surface area (Å²) in [5.74, 6) is 2.07. The first kappa shape index (κ1) is 33.8. The van der Waals surface area contributed by atoms with Crippen molar-refractivity contribution in [1.29, 1.82) is 0 Å². The Morgan fingerprint density at radius 1 is 0.558 bits per heavy atom. The molecular weight excluding hydrogens is 706 g/mol. The standard InChI is InChI=1S/C22H21N5S.C18H13ClN4S/c1-2-12-27(11-1)15-16-5-10-24-21(13-16)26-22-25-19-4-3-18(14-20(19)28-22)17-6-8-23-9-7-17;19-11-12-3-8-21-17(9-12)23-18-22-15-2-1-14(10-16(15)24-18)13-4-6-20-7-5-13/h3-10,13-14H,1-2,11-12,15H2,(H,24,25,26);1-10H,11H2,(H,21,22,23). The molecule has 2 aromatic carbocycles. The van der Waals surface area contributed by atoms with Crippen molar-refractivity contribution in [1.82, 2.24) is 34.8 Å². The van der Waals surface area contributed by atoms with Crippen molar-refractivity contribution in [3.63, 3.8) is 0 Å². The smallest absolute Gasteiger partial charge is 0.189 e. The number of thiazole rings is 2. The normalized spacial score (nSPS) is 12.9. The van der Waals surface area contributed by atoms with Crippen molar-refractivity contribution >= 4 is 76.6 Å². The van der Waals surface area contributed by atoms with Gasteiger partial charge in [0, 0.05) is 49.6 Å². The van der Waals surface area contributed by atoms with Crippen LogP contribution in [-0.2, 0) is 12.4 Å². The van der Waals surface area contributed by atoms with Gasteiger partial charge in [-0.3, -0.25) is 14.9 Å². The Labute approximate surface area is 314 Å². The molecule has 0 amide bonds. The van der Waals surface area contributed by atoms with E-state index in [1.54, 1.807) is 41.3 Å². The molecule has 12 heteroatoms. The van der Waals surface area contributed by atoms with Gasteiger partial charge >= 0.3 is 0 Å². The summed E-state index contributed by atoms with van der Waals surface area (Å²) < 4.78 is 2.28. The molecule has 258 valence electrons. The molecule has 1 fully saturated rings. The number of rotatable bonds is 9. The van der Waals surface area contributed by atoms with Crippen LogP contribution in [0.15, 0.2) is 122 Å². The van der Waals surface area contributed by atoms with E-state index in [1.807, 2.05) is 61.1 Å². The third-order valence-corrected chi connectivity index (χ3v) is 10.9. The molecule has 2 N–H and O–H groups in total.